The van der Waals surface area contributed by atoms with Gasteiger partial charge in [0, 0.05) is 16.7 Å². The predicted molar refractivity (Wildman–Crippen MR) is 88.2 cm³/mol. The summed E-state index contributed by atoms with van der Waals surface area (Å²) in [6.07, 6.45) is 0.713. The number of hydrogen-bond acceptors (Lipinski definition) is 3. The van der Waals surface area contributed by atoms with Crippen molar-refractivity contribution in [2.24, 2.45) is 5.92 Å². The lowest BCUT2D eigenvalue weighted by Gasteiger charge is -2.19. The summed E-state index contributed by atoms with van der Waals surface area (Å²) in [6, 6.07) is 6.00. The Labute approximate surface area is 130 Å². The molecule has 2 unspecified atom stereocenters. The molecule has 0 saturated heterocycles. The number of benzene rings is 1. The summed E-state index contributed by atoms with van der Waals surface area (Å²) in [6.45, 7) is 9.31. The van der Waals surface area contributed by atoms with E-state index < -0.39 is 6.10 Å². The first-order chi connectivity index (χ1) is 9.40. The first-order valence-corrected chi connectivity index (χ1v) is 7.98. The van der Waals surface area contributed by atoms with Gasteiger partial charge in [0.15, 0.2) is 0 Å². The van der Waals surface area contributed by atoms with Crippen LogP contribution in [0.2, 0.25) is 0 Å². The van der Waals surface area contributed by atoms with E-state index in [2.05, 4.69) is 42.0 Å². The van der Waals surface area contributed by atoms with E-state index in [1.165, 1.54) is 0 Å². The lowest BCUT2D eigenvalue weighted by Crippen LogP contribution is -2.27. The molecule has 0 fully saturated rings. The summed E-state index contributed by atoms with van der Waals surface area (Å²) in [7, 11) is 0. The fourth-order valence-corrected chi connectivity index (χ4v) is 2.46. The smallest absolute Gasteiger partial charge is 0.0945 e. The standard InChI is InChI=1S/C16H26BrNO2/c1-11(2)8-12(3)20-10-14(19)9-18-16-7-5-6-15(17)13(16)4/h5-7,11-12,14,18-19H,8-10H2,1-4H3. The zero-order valence-electron chi connectivity index (χ0n) is 12.8. The monoisotopic (exact) mass is 343 g/mol. The molecule has 114 valence electrons. The Morgan fingerprint density at radius 1 is 1.30 bits per heavy atom. The molecule has 0 heterocycles. The van der Waals surface area contributed by atoms with Gasteiger partial charge in [-0.1, -0.05) is 35.8 Å². The van der Waals surface area contributed by atoms with Crippen LogP contribution in [0.1, 0.15) is 32.8 Å². The molecule has 0 radical (unpaired) electrons. The van der Waals surface area contributed by atoms with E-state index in [4.69, 9.17) is 4.74 Å². The summed E-state index contributed by atoms with van der Waals surface area (Å²) >= 11 is 3.50. The third-order valence-electron chi connectivity index (χ3n) is 3.17. The van der Waals surface area contributed by atoms with Crippen LogP contribution in [0.3, 0.4) is 0 Å². The highest BCUT2D eigenvalue weighted by molar-refractivity contribution is 9.10. The van der Waals surface area contributed by atoms with Crippen LogP contribution in [-0.4, -0.2) is 30.5 Å². The molecule has 1 aromatic carbocycles. The van der Waals surface area contributed by atoms with Crippen molar-refractivity contribution in [1.29, 1.82) is 0 Å². The van der Waals surface area contributed by atoms with Gasteiger partial charge < -0.3 is 15.2 Å². The van der Waals surface area contributed by atoms with Crippen molar-refractivity contribution in [3.8, 4) is 0 Å². The maximum absolute atomic E-state index is 9.95. The quantitative estimate of drug-likeness (QED) is 0.749. The van der Waals surface area contributed by atoms with Crippen LogP contribution in [0.4, 0.5) is 5.69 Å². The van der Waals surface area contributed by atoms with E-state index >= 15 is 0 Å². The van der Waals surface area contributed by atoms with Crippen LogP contribution in [0.15, 0.2) is 22.7 Å². The summed E-state index contributed by atoms with van der Waals surface area (Å²) in [5.41, 5.74) is 2.18. The molecule has 20 heavy (non-hydrogen) atoms. The first-order valence-electron chi connectivity index (χ1n) is 7.18. The van der Waals surface area contributed by atoms with Gasteiger partial charge in [0.1, 0.15) is 0 Å². The molecule has 0 saturated carbocycles. The average molecular weight is 344 g/mol. The number of aliphatic hydroxyl groups is 1. The third kappa shape index (κ3) is 6.25. The number of ether oxygens (including phenoxy) is 1. The molecule has 0 aliphatic heterocycles. The molecule has 3 nitrogen and oxygen atoms in total. The van der Waals surface area contributed by atoms with Crippen molar-refractivity contribution in [1.82, 2.24) is 0 Å². The van der Waals surface area contributed by atoms with Crippen LogP contribution in [0.5, 0.6) is 0 Å². The van der Waals surface area contributed by atoms with E-state index in [0.29, 0.717) is 19.1 Å². The minimum atomic E-state index is -0.497. The molecule has 1 aromatic rings. The van der Waals surface area contributed by atoms with Gasteiger partial charge in [-0.3, -0.25) is 0 Å². The summed E-state index contributed by atoms with van der Waals surface area (Å²) < 4.78 is 6.73. The van der Waals surface area contributed by atoms with Crippen LogP contribution >= 0.6 is 15.9 Å². The van der Waals surface area contributed by atoms with Crippen LogP contribution in [0, 0.1) is 12.8 Å². The van der Waals surface area contributed by atoms with Crippen molar-refractivity contribution < 1.29 is 9.84 Å². The molecule has 0 aromatic heterocycles. The second-order valence-electron chi connectivity index (χ2n) is 5.72. The Kier molecular flexibility index (Phi) is 7.56. The van der Waals surface area contributed by atoms with E-state index in [1.807, 2.05) is 25.1 Å². The van der Waals surface area contributed by atoms with Crippen LogP contribution in [-0.2, 0) is 4.74 Å². The topological polar surface area (TPSA) is 41.5 Å². The fourth-order valence-electron chi connectivity index (χ4n) is 2.09. The van der Waals surface area contributed by atoms with Gasteiger partial charge in [0.05, 0.1) is 18.8 Å². The molecule has 0 spiro atoms. The molecule has 0 bridgehead atoms. The van der Waals surface area contributed by atoms with E-state index in [1.54, 1.807) is 0 Å². The number of nitrogens with one attached hydrogen (secondary N) is 1. The summed E-state index contributed by atoms with van der Waals surface area (Å²) in [5.74, 6) is 0.615. The SMILES string of the molecule is Cc1c(Br)cccc1NCC(O)COC(C)CC(C)C. The second kappa shape index (κ2) is 8.65. The van der Waals surface area contributed by atoms with E-state index in [-0.39, 0.29) is 6.10 Å². The molecule has 2 atom stereocenters. The fraction of sp³-hybridized carbons (Fsp3) is 0.625. The minimum Gasteiger partial charge on any atom is -0.389 e. The lowest BCUT2D eigenvalue weighted by atomic mass is 10.1. The molecule has 0 aliphatic carbocycles. The average Bonchev–Trinajstić information content (AvgIpc) is 2.37. The van der Waals surface area contributed by atoms with Gasteiger partial charge in [-0.25, -0.2) is 0 Å². The molecule has 0 amide bonds. The Morgan fingerprint density at radius 2 is 2.00 bits per heavy atom. The Hall–Kier alpha value is -0.580. The van der Waals surface area contributed by atoms with Crippen molar-refractivity contribution in [2.75, 3.05) is 18.5 Å². The van der Waals surface area contributed by atoms with Gasteiger partial charge in [0.2, 0.25) is 0 Å². The largest absolute Gasteiger partial charge is 0.389 e. The van der Waals surface area contributed by atoms with Crippen molar-refractivity contribution in [2.45, 2.75) is 46.3 Å². The van der Waals surface area contributed by atoms with Crippen LogP contribution in [0.25, 0.3) is 0 Å². The Morgan fingerprint density at radius 3 is 2.65 bits per heavy atom. The molecular weight excluding hydrogens is 318 g/mol. The molecule has 0 aliphatic rings. The van der Waals surface area contributed by atoms with Crippen LogP contribution < -0.4 is 5.32 Å². The lowest BCUT2D eigenvalue weighted by molar-refractivity contribution is -0.00444. The summed E-state index contributed by atoms with van der Waals surface area (Å²) in [4.78, 5) is 0. The van der Waals surface area contributed by atoms with Crippen molar-refractivity contribution in [3.63, 3.8) is 0 Å². The number of aliphatic hydroxyl groups excluding tert-OH is 1. The number of rotatable bonds is 8. The van der Waals surface area contributed by atoms with Crippen molar-refractivity contribution >= 4 is 21.6 Å². The van der Waals surface area contributed by atoms with Crippen molar-refractivity contribution in [3.05, 3.63) is 28.2 Å². The minimum absolute atomic E-state index is 0.192. The second-order valence-corrected chi connectivity index (χ2v) is 6.57. The molecule has 2 N–H and O–H groups in total. The van der Waals surface area contributed by atoms with E-state index in [9.17, 15) is 5.11 Å². The first kappa shape index (κ1) is 17.5. The number of halogens is 1. The van der Waals surface area contributed by atoms with Gasteiger partial charge in [-0.15, -0.1) is 0 Å². The number of hydrogen-bond donors (Lipinski definition) is 2. The maximum atomic E-state index is 9.95. The van der Waals surface area contributed by atoms with E-state index in [0.717, 1.165) is 22.1 Å². The highest BCUT2D eigenvalue weighted by Gasteiger charge is 2.10. The van der Waals surface area contributed by atoms with Gasteiger partial charge in [0.25, 0.3) is 0 Å². The molecular formula is C16H26BrNO2. The Bertz CT molecular complexity index is 409. The number of anilines is 1. The third-order valence-corrected chi connectivity index (χ3v) is 4.03. The highest BCUT2D eigenvalue weighted by Crippen LogP contribution is 2.23. The molecule has 4 heteroatoms. The highest BCUT2D eigenvalue weighted by atomic mass is 79.9. The zero-order valence-corrected chi connectivity index (χ0v) is 14.4. The molecule has 1 rings (SSSR count). The predicted octanol–water partition coefficient (Wildman–Crippen LogP) is 3.98. The normalized spacial score (nSPS) is 14.3. The van der Waals surface area contributed by atoms with Gasteiger partial charge in [-0.2, -0.15) is 0 Å². The summed E-state index contributed by atoms with van der Waals surface area (Å²) in [5, 5.41) is 13.2. The zero-order chi connectivity index (χ0) is 15.1. The van der Waals surface area contributed by atoms with Gasteiger partial charge >= 0.3 is 0 Å². The maximum Gasteiger partial charge on any atom is 0.0945 e. The Balaban J connectivity index is 2.33. The van der Waals surface area contributed by atoms with Gasteiger partial charge in [-0.05, 0) is 43.9 Å².